The molecule has 0 radical (unpaired) electrons. The number of thiazole rings is 1. The van der Waals surface area contributed by atoms with Crippen LogP contribution < -0.4 is 5.32 Å². The Hall–Kier alpha value is -0.910. The predicted molar refractivity (Wildman–Crippen MR) is 89.2 cm³/mol. The van der Waals surface area contributed by atoms with Crippen LogP contribution in [0, 0.1) is 6.92 Å². The van der Waals surface area contributed by atoms with Crippen LogP contribution in [0.15, 0.2) is 11.6 Å². The van der Waals surface area contributed by atoms with Gasteiger partial charge in [-0.25, -0.2) is 4.98 Å². The van der Waals surface area contributed by atoms with E-state index in [-0.39, 0.29) is 12.1 Å². The minimum absolute atomic E-state index is 0.142. The average molecular weight is 327 g/mol. The normalized spacial score (nSPS) is 13.0. The fourth-order valence-corrected chi connectivity index (χ4v) is 3.27. The second kappa shape index (κ2) is 7.38. The summed E-state index contributed by atoms with van der Waals surface area (Å²) < 4.78 is 2.01. The largest absolute Gasteiger partial charge is 0.308 e. The second-order valence-corrected chi connectivity index (χ2v) is 6.95. The first-order chi connectivity index (χ1) is 10.0. The van der Waals surface area contributed by atoms with Gasteiger partial charge in [-0.05, 0) is 33.7 Å². The van der Waals surface area contributed by atoms with E-state index < -0.39 is 0 Å². The van der Waals surface area contributed by atoms with Crippen LogP contribution in [-0.2, 0) is 6.42 Å². The van der Waals surface area contributed by atoms with Crippen LogP contribution in [0.1, 0.15) is 55.7 Å². The zero-order valence-corrected chi connectivity index (χ0v) is 14.6. The standard InChI is InChI=1S/C15H23ClN4S/c1-5-6-17-14(7-12-9-21-11(4)19-12)15-13(16)8-18-20(15)10(2)3/h8-10,14,17H,5-7H2,1-4H3. The molecule has 2 aromatic heterocycles. The van der Waals surface area contributed by atoms with E-state index in [1.807, 2.05) is 11.6 Å². The van der Waals surface area contributed by atoms with Crippen LogP contribution in [0.4, 0.5) is 0 Å². The van der Waals surface area contributed by atoms with E-state index in [0.717, 1.165) is 40.8 Å². The van der Waals surface area contributed by atoms with Crippen LogP contribution in [0.3, 0.4) is 0 Å². The van der Waals surface area contributed by atoms with Crippen LogP contribution in [0.5, 0.6) is 0 Å². The van der Waals surface area contributed by atoms with Crippen LogP contribution >= 0.6 is 22.9 Å². The summed E-state index contributed by atoms with van der Waals surface area (Å²) in [6.07, 6.45) is 3.66. The van der Waals surface area contributed by atoms with Crippen molar-refractivity contribution in [3.05, 3.63) is 33.0 Å². The van der Waals surface area contributed by atoms with Gasteiger partial charge < -0.3 is 5.32 Å². The molecule has 2 rings (SSSR count). The van der Waals surface area contributed by atoms with Gasteiger partial charge in [0, 0.05) is 17.8 Å². The Morgan fingerprint density at radius 3 is 2.76 bits per heavy atom. The van der Waals surface area contributed by atoms with Crippen LogP contribution in [0.2, 0.25) is 5.02 Å². The molecular weight excluding hydrogens is 304 g/mol. The molecule has 6 heteroatoms. The van der Waals surface area contributed by atoms with Crippen molar-refractivity contribution >= 4 is 22.9 Å². The maximum absolute atomic E-state index is 6.39. The molecule has 1 unspecified atom stereocenters. The first-order valence-corrected chi connectivity index (χ1v) is 8.66. The van der Waals surface area contributed by atoms with Gasteiger partial charge in [-0.1, -0.05) is 18.5 Å². The average Bonchev–Trinajstić information content (AvgIpc) is 3.01. The van der Waals surface area contributed by atoms with Gasteiger partial charge >= 0.3 is 0 Å². The Bertz CT molecular complexity index is 576. The Balaban J connectivity index is 2.29. The molecule has 116 valence electrons. The molecule has 0 aliphatic rings. The number of aryl methyl sites for hydroxylation is 1. The van der Waals surface area contributed by atoms with Crippen LogP contribution in [0.25, 0.3) is 0 Å². The highest BCUT2D eigenvalue weighted by Crippen LogP contribution is 2.28. The van der Waals surface area contributed by atoms with E-state index in [9.17, 15) is 0 Å². The van der Waals surface area contributed by atoms with Crippen molar-refractivity contribution in [3.8, 4) is 0 Å². The van der Waals surface area contributed by atoms with E-state index in [1.165, 1.54) is 0 Å². The third-order valence-corrected chi connectivity index (χ3v) is 4.44. The van der Waals surface area contributed by atoms with Crippen molar-refractivity contribution in [2.24, 2.45) is 0 Å². The van der Waals surface area contributed by atoms with Gasteiger partial charge in [-0.3, -0.25) is 4.68 Å². The summed E-state index contributed by atoms with van der Waals surface area (Å²) in [5, 5.41) is 12.0. The van der Waals surface area contributed by atoms with Gasteiger partial charge in [-0.2, -0.15) is 5.10 Å². The second-order valence-electron chi connectivity index (χ2n) is 5.48. The summed E-state index contributed by atoms with van der Waals surface area (Å²) in [4.78, 5) is 4.58. The third kappa shape index (κ3) is 4.05. The lowest BCUT2D eigenvalue weighted by atomic mass is 10.1. The molecule has 1 atom stereocenters. The Morgan fingerprint density at radius 2 is 2.19 bits per heavy atom. The quantitative estimate of drug-likeness (QED) is 0.830. The molecule has 4 nitrogen and oxygen atoms in total. The highest BCUT2D eigenvalue weighted by atomic mass is 35.5. The number of hydrogen-bond donors (Lipinski definition) is 1. The Kier molecular flexibility index (Phi) is 5.79. The lowest BCUT2D eigenvalue weighted by Crippen LogP contribution is -2.27. The Morgan fingerprint density at radius 1 is 1.43 bits per heavy atom. The lowest BCUT2D eigenvalue weighted by Gasteiger charge is -2.21. The molecule has 0 aromatic carbocycles. The zero-order valence-electron chi connectivity index (χ0n) is 13.1. The van der Waals surface area contributed by atoms with E-state index >= 15 is 0 Å². The molecule has 0 aliphatic carbocycles. The predicted octanol–water partition coefficient (Wildman–Crippen LogP) is 4.17. The first kappa shape index (κ1) is 16.5. The lowest BCUT2D eigenvalue weighted by molar-refractivity contribution is 0.440. The first-order valence-electron chi connectivity index (χ1n) is 7.40. The number of nitrogens with one attached hydrogen (secondary N) is 1. The number of hydrogen-bond acceptors (Lipinski definition) is 4. The van der Waals surface area contributed by atoms with Crippen molar-refractivity contribution in [2.75, 3.05) is 6.54 Å². The molecule has 0 saturated heterocycles. The summed E-state index contributed by atoms with van der Waals surface area (Å²) in [6.45, 7) is 9.40. The topological polar surface area (TPSA) is 42.7 Å². The summed E-state index contributed by atoms with van der Waals surface area (Å²) >= 11 is 8.08. The van der Waals surface area contributed by atoms with Gasteiger partial charge in [0.05, 0.1) is 33.7 Å². The minimum atomic E-state index is 0.142. The zero-order chi connectivity index (χ0) is 15.4. The van der Waals surface area contributed by atoms with Gasteiger partial charge in [0.25, 0.3) is 0 Å². The maximum atomic E-state index is 6.39. The maximum Gasteiger partial charge on any atom is 0.0897 e. The highest BCUT2D eigenvalue weighted by molar-refractivity contribution is 7.09. The number of halogens is 1. The minimum Gasteiger partial charge on any atom is -0.308 e. The van der Waals surface area contributed by atoms with E-state index in [1.54, 1.807) is 17.5 Å². The monoisotopic (exact) mass is 326 g/mol. The smallest absolute Gasteiger partial charge is 0.0897 e. The summed E-state index contributed by atoms with van der Waals surface area (Å²) in [6, 6.07) is 0.430. The molecule has 0 fully saturated rings. The van der Waals surface area contributed by atoms with Crippen molar-refractivity contribution in [2.45, 2.75) is 52.6 Å². The summed E-state index contributed by atoms with van der Waals surface area (Å²) in [7, 11) is 0. The van der Waals surface area contributed by atoms with Gasteiger partial charge in [0.15, 0.2) is 0 Å². The van der Waals surface area contributed by atoms with Crippen LogP contribution in [-0.4, -0.2) is 21.3 Å². The number of aromatic nitrogens is 3. The summed E-state index contributed by atoms with van der Waals surface area (Å²) in [5.41, 5.74) is 2.17. The molecule has 2 heterocycles. The molecule has 0 saturated carbocycles. The van der Waals surface area contributed by atoms with Crippen molar-refractivity contribution in [1.82, 2.24) is 20.1 Å². The molecule has 0 spiro atoms. The molecule has 0 aliphatic heterocycles. The summed E-state index contributed by atoms with van der Waals surface area (Å²) in [5.74, 6) is 0. The van der Waals surface area contributed by atoms with Gasteiger partial charge in [-0.15, -0.1) is 11.3 Å². The highest BCUT2D eigenvalue weighted by Gasteiger charge is 2.22. The fourth-order valence-electron chi connectivity index (χ4n) is 2.38. The van der Waals surface area contributed by atoms with Crippen molar-refractivity contribution in [3.63, 3.8) is 0 Å². The SMILES string of the molecule is CCCNC(Cc1csc(C)n1)c1c(Cl)cnn1C(C)C. The Labute approximate surface area is 135 Å². The fraction of sp³-hybridized carbons (Fsp3) is 0.600. The number of nitrogens with zero attached hydrogens (tertiary/aromatic N) is 3. The van der Waals surface area contributed by atoms with E-state index in [0.29, 0.717) is 0 Å². The van der Waals surface area contributed by atoms with Crippen molar-refractivity contribution in [1.29, 1.82) is 0 Å². The molecular formula is C15H23ClN4S. The number of rotatable bonds is 7. The van der Waals surface area contributed by atoms with Gasteiger partial charge in [0.2, 0.25) is 0 Å². The van der Waals surface area contributed by atoms with E-state index in [2.05, 4.69) is 41.6 Å². The molecule has 2 aromatic rings. The molecule has 21 heavy (non-hydrogen) atoms. The third-order valence-electron chi connectivity index (χ3n) is 3.33. The molecule has 1 N–H and O–H groups in total. The van der Waals surface area contributed by atoms with Crippen molar-refractivity contribution < 1.29 is 0 Å². The van der Waals surface area contributed by atoms with E-state index in [4.69, 9.17) is 11.6 Å². The van der Waals surface area contributed by atoms with Gasteiger partial charge in [0.1, 0.15) is 0 Å². The molecule has 0 amide bonds. The molecule has 0 bridgehead atoms.